The van der Waals surface area contributed by atoms with Crippen LogP contribution in [0.2, 0.25) is 0 Å². The van der Waals surface area contributed by atoms with Crippen molar-refractivity contribution in [2.45, 2.75) is 52.3 Å². The minimum absolute atomic E-state index is 0.0487. The Morgan fingerprint density at radius 3 is 2.43 bits per heavy atom. The highest BCUT2D eigenvalue weighted by Crippen LogP contribution is 2.45. The van der Waals surface area contributed by atoms with Crippen molar-refractivity contribution in [2.24, 2.45) is 4.99 Å². The van der Waals surface area contributed by atoms with E-state index in [1.54, 1.807) is 18.7 Å². The van der Waals surface area contributed by atoms with Crippen LogP contribution in [0.4, 0.5) is 0 Å². The Balaban J connectivity index is 2.14. The van der Waals surface area contributed by atoms with Crippen LogP contribution >= 0.6 is 11.8 Å². The van der Waals surface area contributed by atoms with Crippen molar-refractivity contribution < 1.29 is 23.8 Å². The van der Waals surface area contributed by atoms with Crippen LogP contribution in [-0.4, -0.2) is 47.0 Å². The molecule has 0 aromatic heterocycles. The van der Waals surface area contributed by atoms with Crippen LogP contribution in [-0.2, 0) is 14.3 Å². The number of hydrogen-bond acceptors (Lipinski definition) is 7. The highest BCUT2D eigenvalue weighted by Gasteiger charge is 2.47. The maximum atomic E-state index is 13.2. The van der Waals surface area contributed by atoms with Gasteiger partial charge in [0.2, 0.25) is 5.91 Å². The molecule has 30 heavy (non-hydrogen) atoms. The van der Waals surface area contributed by atoms with Crippen molar-refractivity contribution in [3.05, 3.63) is 35.0 Å². The molecule has 0 radical (unpaired) electrons. The summed E-state index contributed by atoms with van der Waals surface area (Å²) in [6.07, 6.45) is 0.688. The molecule has 1 aromatic carbocycles. The summed E-state index contributed by atoms with van der Waals surface area (Å²) in [5.74, 6) is 0.688. The monoisotopic (exact) mass is 432 g/mol. The highest BCUT2D eigenvalue weighted by atomic mass is 32.2. The zero-order valence-electron chi connectivity index (χ0n) is 18.1. The number of aliphatic imine (C=N–C) groups is 1. The van der Waals surface area contributed by atoms with Crippen molar-refractivity contribution in [1.29, 1.82) is 0 Å². The minimum atomic E-state index is -0.622. The van der Waals surface area contributed by atoms with Gasteiger partial charge in [-0.25, -0.2) is 9.79 Å². The van der Waals surface area contributed by atoms with Gasteiger partial charge in [-0.3, -0.25) is 9.69 Å². The highest BCUT2D eigenvalue weighted by molar-refractivity contribution is 8.15. The topological polar surface area (TPSA) is 77.4 Å². The third-order valence-electron chi connectivity index (χ3n) is 4.90. The van der Waals surface area contributed by atoms with Crippen molar-refractivity contribution in [1.82, 2.24) is 4.90 Å². The van der Waals surface area contributed by atoms with E-state index in [9.17, 15) is 9.59 Å². The second-order valence-electron chi connectivity index (χ2n) is 6.81. The van der Waals surface area contributed by atoms with E-state index in [1.807, 2.05) is 39.0 Å². The molecule has 0 saturated carbocycles. The lowest BCUT2D eigenvalue weighted by Gasteiger charge is -2.33. The Labute approximate surface area is 181 Å². The van der Waals surface area contributed by atoms with Crippen LogP contribution in [0.5, 0.6) is 11.5 Å². The number of rotatable bonds is 8. The summed E-state index contributed by atoms with van der Waals surface area (Å²) in [5.41, 5.74) is 1.69. The fraction of sp³-hybridized carbons (Fsp3) is 0.500. The van der Waals surface area contributed by atoms with Crippen LogP contribution in [0.1, 0.15) is 52.6 Å². The van der Waals surface area contributed by atoms with Crippen LogP contribution in [0, 0.1) is 0 Å². The number of benzene rings is 1. The molecule has 3 rings (SSSR count). The molecule has 0 spiro atoms. The lowest BCUT2D eigenvalue weighted by atomic mass is 9.93. The lowest BCUT2D eigenvalue weighted by Crippen LogP contribution is -2.40. The Bertz CT molecular complexity index is 896. The lowest BCUT2D eigenvalue weighted by molar-refractivity contribution is -0.139. The van der Waals surface area contributed by atoms with E-state index >= 15 is 0 Å². The SMILES string of the molecule is CCOC(=O)C1=C(C)N=C2SC(CC)C(=O)N2C1c1ccc(OCC)c(OCC)c1. The fourth-order valence-corrected chi connectivity index (χ4v) is 4.75. The number of nitrogens with zero attached hydrogens (tertiary/aromatic N) is 2. The van der Waals surface area contributed by atoms with Crippen molar-refractivity contribution in [3.8, 4) is 11.5 Å². The van der Waals surface area contributed by atoms with Gasteiger partial charge in [-0.2, -0.15) is 0 Å². The van der Waals surface area contributed by atoms with Crippen LogP contribution in [0.3, 0.4) is 0 Å². The van der Waals surface area contributed by atoms with Gasteiger partial charge < -0.3 is 14.2 Å². The number of esters is 1. The van der Waals surface area contributed by atoms with E-state index in [2.05, 4.69) is 4.99 Å². The largest absolute Gasteiger partial charge is 0.490 e. The summed E-state index contributed by atoms with van der Waals surface area (Å²) in [5, 5.41) is 0.406. The van der Waals surface area contributed by atoms with Crippen LogP contribution in [0.25, 0.3) is 0 Å². The number of hydrogen-bond donors (Lipinski definition) is 0. The van der Waals surface area contributed by atoms with E-state index in [1.165, 1.54) is 11.8 Å². The summed E-state index contributed by atoms with van der Waals surface area (Å²) >= 11 is 1.44. The molecule has 2 heterocycles. The van der Waals surface area contributed by atoms with Gasteiger partial charge in [0.15, 0.2) is 16.7 Å². The molecule has 0 N–H and O–H groups in total. The molecule has 7 nitrogen and oxygen atoms in total. The van der Waals surface area contributed by atoms with E-state index in [-0.39, 0.29) is 17.8 Å². The average molecular weight is 433 g/mol. The first-order chi connectivity index (χ1) is 14.5. The molecular formula is C22H28N2O5S. The molecule has 0 aliphatic carbocycles. The van der Waals surface area contributed by atoms with Gasteiger partial charge in [-0.05, 0) is 51.8 Å². The molecule has 2 aliphatic rings. The van der Waals surface area contributed by atoms with E-state index in [4.69, 9.17) is 14.2 Å². The van der Waals surface area contributed by atoms with Crippen molar-refractivity contribution in [3.63, 3.8) is 0 Å². The number of carbonyl (C=O) groups excluding carboxylic acids is 2. The maximum Gasteiger partial charge on any atom is 0.338 e. The van der Waals surface area contributed by atoms with Crippen molar-refractivity contribution >= 4 is 28.8 Å². The predicted octanol–water partition coefficient (Wildman–Crippen LogP) is 4.09. The van der Waals surface area contributed by atoms with Gasteiger partial charge in [0, 0.05) is 0 Å². The van der Waals surface area contributed by atoms with Crippen LogP contribution < -0.4 is 9.47 Å². The zero-order chi connectivity index (χ0) is 21.8. The second kappa shape index (κ2) is 9.55. The molecule has 8 heteroatoms. The predicted molar refractivity (Wildman–Crippen MR) is 117 cm³/mol. The van der Waals surface area contributed by atoms with Gasteiger partial charge in [-0.1, -0.05) is 24.8 Å². The summed E-state index contributed by atoms with van der Waals surface area (Å²) in [6, 6.07) is 4.90. The summed E-state index contributed by atoms with van der Waals surface area (Å²) < 4.78 is 16.8. The Kier molecular flexibility index (Phi) is 7.07. The molecule has 0 bridgehead atoms. The number of thioether (sulfide) groups is 1. The van der Waals surface area contributed by atoms with Gasteiger partial charge in [-0.15, -0.1) is 0 Å². The number of fused-ring (bicyclic) bond motifs is 1. The quantitative estimate of drug-likeness (QED) is 0.576. The summed E-state index contributed by atoms with van der Waals surface area (Å²) in [7, 11) is 0. The molecule has 2 unspecified atom stereocenters. The van der Waals surface area contributed by atoms with E-state index < -0.39 is 12.0 Å². The molecular weight excluding hydrogens is 404 g/mol. The molecule has 1 amide bonds. The smallest absolute Gasteiger partial charge is 0.338 e. The maximum absolute atomic E-state index is 13.2. The normalized spacial score (nSPS) is 20.8. The summed E-state index contributed by atoms with van der Waals surface area (Å²) in [4.78, 5) is 32.2. The molecule has 2 aliphatic heterocycles. The van der Waals surface area contributed by atoms with Gasteiger partial charge in [0.25, 0.3) is 0 Å². The number of allylic oxidation sites excluding steroid dienone is 1. The molecule has 1 fully saturated rings. The van der Waals surface area contributed by atoms with Crippen molar-refractivity contribution in [2.75, 3.05) is 19.8 Å². The first kappa shape index (κ1) is 22.2. The van der Waals surface area contributed by atoms with Crippen LogP contribution in [0.15, 0.2) is 34.5 Å². The van der Waals surface area contributed by atoms with Gasteiger partial charge >= 0.3 is 5.97 Å². The Morgan fingerprint density at radius 2 is 1.80 bits per heavy atom. The zero-order valence-corrected chi connectivity index (χ0v) is 18.9. The molecule has 1 aromatic rings. The second-order valence-corrected chi connectivity index (χ2v) is 7.98. The third kappa shape index (κ3) is 4.05. The minimum Gasteiger partial charge on any atom is -0.490 e. The number of ether oxygens (including phenoxy) is 3. The summed E-state index contributed by atoms with van der Waals surface area (Å²) in [6.45, 7) is 10.5. The number of amides is 1. The molecule has 1 saturated heterocycles. The third-order valence-corrected chi connectivity index (χ3v) is 6.22. The number of amidine groups is 1. The molecule has 2 atom stereocenters. The van der Waals surface area contributed by atoms with Gasteiger partial charge in [0.1, 0.15) is 0 Å². The van der Waals surface area contributed by atoms with Gasteiger partial charge in [0.05, 0.1) is 42.4 Å². The standard InChI is InChI=1S/C22H28N2O5S/c1-6-17-20(25)24-19(14-10-11-15(27-7-2)16(12-14)28-8-3)18(21(26)29-9-4)13(5)23-22(24)30-17/h10-12,17,19H,6-9H2,1-5H3. The average Bonchev–Trinajstić information content (AvgIpc) is 3.04. The Morgan fingerprint density at radius 1 is 1.10 bits per heavy atom. The first-order valence-electron chi connectivity index (χ1n) is 10.3. The van der Waals surface area contributed by atoms with E-state index in [0.29, 0.717) is 47.6 Å². The first-order valence-corrected chi connectivity index (χ1v) is 11.2. The fourth-order valence-electron chi connectivity index (χ4n) is 3.61. The van der Waals surface area contributed by atoms with E-state index in [0.717, 1.165) is 5.56 Å². The molecule has 162 valence electrons. The Hall–Kier alpha value is -2.48. The number of carbonyl (C=O) groups is 2.